The standard InChI is InChI=1S/C23H33N3O5/c27-23(24-16-5-2-1-3-6-16)25-19-14-29-22-20(15-30-21(19)22)31-18-8-4-7-17(13-18)26-9-11-28-12-10-26/h4,7-8,13,16,19-22H,1-3,5-6,9-12,14-15H2,(H2,24,25,27)/t19-,20-,21+,22+/m0/s1. The number of hydrogen-bond acceptors (Lipinski definition) is 6. The molecular formula is C23H33N3O5. The SMILES string of the molecule is O=C(NC1CCCCC1)N[C@H]1CO[C@H]2[C@@H]1OC[C@@H]2Oc1cccc(N2CCOCC2)c1. The second kappa shape index (κ2) is 9.63. The number of anilines is 1. The molecule has 170 valence electrons. The molecule has 3 heterocycles. The van der Waals surface area contributed by atoms with Crippen molar-refractivity contribution in [2.45, 2.75) is 62.5 Å². The van der Waals surface area contributed by atoms with Gasteiger partial charge in [-0.2, -0.15) is 0 Å². The molecule has 2 amide bonds. The predicted molar refractivity (Wildman–Crippen MR) is 116 cm³/mol. The highest BCUT2D eigenvalue weighted by molar-refractivity contribution is 5.74. The van der Waals surface area contributed by atoms with Gasteiger partial charge in [-0.05, 0) is 25.0 Å². The summed E-state index contributed by atoms with van der Waals surface area (Å²) in [6.07, 6.45) is 5.25. The summed E-state index contributed by atoms with van der Waals surface area (Å²) in [5, 5.41) is 6.17. The number of benzene rings is 1. The topological polar surface area (TPSA) is 81.3 Å². The maximum atomic E-state index is 12.4. The van der Waals surface area contributed by atoms with E-state index in [0.29, 0.717) is 13.2 Å². The second-order valence-corrected chi connectivity index (χ2v) is 8.91. The van der Waals surface area contributed by atoms with E-state index in [4.69, 9.17) is 18.9 Å². The molecule has 2 N–H and O–H groups in total. The van der Waals surface area contributed by atoms with Gasteiger partial charge in [0.2, 0.25) is 0 Å². The van der Waals surface area contributed by atoms with E-state index >= 15 is 0 Å². The Bertz CT molecular complexity index is 750. The van der Waals surface area contributed by atoms with E-state index in [2.05, 4.69) is 27.7 Å². The first-order valence-corrected chi connectivity index (χ1v) is 11.7. The highest BCUT2D eigenvalue weighted by Crippen LogP contribution is 2.31. The zero-order valence-corrected chi connectivity index (χ0v) is 18.0. The lowest BCUT2D eigenvalue weighted by Gasteiger charge is -2.29. The van der Waals surface area contributed by atoms with Crippen LogP contribution in [0.3, 0.4) is 0 Å². The number of amides is 2. The summed E-state index contributed by atoms with van der Waals surface area (Å²) in [7, 11) is 0. The van der Waals surface area contributed by atoms with Crippen LogP contribution in [0.25, 0.3) is 0 Å². The van der Waals surface area contributed by atoms with Crippen molar-refractivity contribution in [2.75, 3.05) is 44.4 Å². The van der Waals surface area contributed by atoms with Gasteiger partial charge in [0, 0.05) is 30.9 Å². The van der Waals surface area contributed by atoms with Crippen LogP contribution in [0, 0.1) is 0 Å². The van der Waals surface area contributed by atoms with Crippen LogP contribution in [0.15, 0.2) is 24.3 Å². The maximum Gasteiger partial charge on any atom is 0.315 e. The first-order chi connectivity index (χ1) is 15.3. The van der Waals surface area contributed by atoms with Crippen molar-refractivity contribution in [3.63, 3.8) is 0 Å². The minimum atomic E-state index is -0.182. The Kier molecular flexibility index (Phi) is 6.47. The van der Waals surface area contributed by atoms with Gasteiger partial charge in [-0.3, -0.25) is 0 Å². The Morgan fingerprint density at radius 1 is 1.00 bits per heavy atom. The number of morpholine rings is 1. The molecular weight excluding hydrogens is 398 g/mol. The first kappa shape index (κ1) is 20.8. The normalized spacial score (nSPS) is 31.3. The highest BCUT2D eigenvalue weighted by Gasteiger charge is 2.49. The molecule has 0 unspecified atom stereocenters. The van der Waals surface area contributed by atoms with Crippen molar-refractivity contribution in [1.82, 2.24) is 10.6 Å². The second-order valence-electron chi connectivity index (χ2n) is 8.91. The maximum absolute atomic E-state index is 12.4. The molecule has 4 atom stereocenters. The summed E-state index contributed by atoms with van der Waals surface area (Å²) in [5.74, 6) is 0.813. The van der Waals surface area contributed by atoms with Crippen LogP contribution in [0.2, 0.25) is 0 Å². The third-order valence-electron chi connectivity index (χ3n) is 6.75. The van der Waals surface area contributed by atoms with Crippen LogP contribution < -0.4 is 20.3 Å². The van der Waals surface area contributed by atoms with Gasteiger partial charge in [0.15, 0.2) is 6.10 Å². The number of nitrogens with zero attached hydrogens (tertiary/aromatic N) is 1. The molecule has 8 nitrogen and oxygen atoms in total. The monoisotopic (exact) mass is 431 g/mol. The molecule has 1 aromatic rings. The number of urea groups is 1. The summed E-state index contributed by atoms with van der Waals surface area (Å²) in [5.41, 5.74) is 1.14. The molecule has 0 bridgehead atoms. The van der Waals surface area contributed by atoms with E-state index < -0.39 is 0 Å². The molecule has 1 saturated carbocycles. The van der Waals surface area contributed by atoms with E-state index in [1.54, 1.807) is 0 Å². The Labute approximate surface area is 183 Å². The number of carbonyl (C=O) groups is 1. The summed E-state index contributed by atoms with van der Waals surface area (Å²) >= 11 is 0. The quantitative estimate of drug-likeness (QED) is 0.743. The van der Waals surface area contributed by atoms with E-state index in [1.807, 2.05) is 12.1 Å². The zero-order chi connectivity index (χ0) is 21.0. The number of hydrogen-bond donors (Lipinski definition) is 2. The van der Waals surface area contributed by atoms with E-state index in [0.717, 1.165) is 50.6 Å². The van der Waals surface area contributed by atoms with Crippen molar-refractivity contribution in [1.29, 1.82) is 0 Å². The lowest BCUT2D eigenvalue weighted by atomic mass is 9.96. The van der Waals surface area contributed by atoms with E-state index in [-0.39, 0.29) is 36.4 Å². The number of carbonyl (C=O) groups excluding carboxylic acids is 1. The van der Waals surface area contributed by atoms with Gasteiger partial charge < -0.3 is 34.5 Å². The average Bonchev–Trinajstić information content (AvgIpc) is 3.39. The molecule has 1 aliphatic carbocycles. The number of ether oxygens (including phenoxy) is 4. The van der Waals surface area contributed by atoms with Gasteiger partial charge in [0.05, 0.1) is 32.5 Å². The van der Waals surface area contributed by atoms with Crippen molar-refractivity contribution >= 4 is 11.7 Å². The van der Waals surface area contributed by atoms with E-state index in [9.17, 15) is 4.79 Å². The molecule has 0 radical (unpaired) electrons. The summed E-state index contributed by atoms with van der Waals surface area (Å²) in [6.45, 7) is 4.19. The van der Waals surface area contributed by atoms with Gasteiger partial charge in [0.1, 0.15) is 18.0 Å². The molecule has 8 heteroatoms. The zero-order valence-electron chi connectivity index (χ0n) is 18.0. The highest BCUT2D eigenvalue weighted by atomic mass is 16.6. The van der Waals surface area contributed by atoms with Gasteiger partial charge in [-0.25, -0.2) is 4.79 Å². The molecule has 3 saturated heterocycles. The summed E-state index contributed by atoms with van der Waals surface area (Å²) < 4.78 is 23.7. The van der Waals surface area contributed by atoms with Gasteiger partial charge in [0.25, 0.3) is 0 Å². The lowest BCUT2D eigenvalue weighted by Crippen LogP contribution is -2.51. The number of rotatable bonds is 5. The molecule has 3 aliphatic heterocycles. The fourth-order valence-electron chi connectivity index (χ4n) is 5.08. The van der Waals surface area contributed by atoms with Crippen LogP contribution in [0.1, 0.15) is 32.1 Å². The van der Waals surface area contributed by atoms with E-state index in [1.165, 1.54) is 19.3 Å². The largest absolute Gasteiger partial charge is 0.485 e. The fraction of sp³-hybridized carbons (Fsp3) is 0.696. The predicted octanol–water partition coefficient (Wildman–Crippen LogP) is 2.07. The smallest absolute Gasteiger partial charge is 0.315 e. The van der Waals surface area contributed by atoms with Gasteiger partial charge in [-0.1, -0.05) is 25.3 Å². The Hall–Kier alpha value is -2.03. The third kappa shape index (κ3) is 4.91. The Balaban J connectivity index is 1.14. The van der Waals surface area contributed by atoms with Crippen molar-refractivity contribution in [2.24, 2.45) is 0 Å². The molecule has 0 aromatic heterocycles. The van der Waals surface area contributed by atoms with Crippen LogP contribution in [0.4, 0.5) is 10.5 Å². The molecule has 0 spiro atoms. The summed E-state index contributed by atoms with van der Waals surface area (Å²) in [4.78, 5) is 14.7. The molecule has 31 heavy (non-hydrogen) atoms. The molecule has 1 aromatic carbocycles. The minimum absolute atomic E-state index is 0.118. The van der Waals surface area contributed by atoms with Gasteiger partial charge in [-0.15, -0.1) is 0 Å². The molecule has 5 rings (SSSR count). The Morgan fingerprint density at radius 3 is 2.65 bits per heavy atom. The molecule has 4 aliphatic rings. The number of fused-ring (bicyclic) bond motifs is 1. The number of nitrogens with one attached hydrogen (secondary N) is 2. The molecule has 4 fully saturated rings. The summed E-state index contributed by atoms with van der Waals surface area (Å²) in [6, 6.07) is 8.17. The Morgan fingerprint density at radius 2 is 1.81 bits per heavy atom. The first-order valence-electron chi connectivity index (χ1n) is 11.7. The fourth-order valence-corrected chi connectivity index (χ4v) is 5.08. The van der Waals surface area contributed by atoms with Crippen molar-refractivity contribution in [3.8, 4) is 5.75 Å². The third-order valence-corrected chi connectivity index (χ3v) is 6.75. The van der Waals surface area contributed by atoms with Crippen LogP contribution in [-0.2, 0) is 14.2 Å². The van der Waals surface area contributed by atoms with Crippen LogP contribution in [-0.4, -0.2) is 75.9 Å². The van der Waals surface area contributed by atoms with Crippen molar-refractivity contribution in [3.05, 3.63) is 24.3 Å². The van der Waals surface area contributed by atoms with Crippen molar-refractivity contribution < 1.29 is 23.7 Å². The average molecular weight is 432 g/mol. The van der Waals surface area contributed by atoms with Crippen LogP contribution in [0.5, 0.6) is 5.75 Å². The van der Waals surface area contributed by atoms with Crippen LogP contribution >= 0.6 is 0 Å². The van der Waals surface area contributed by atoms with Gasteiger partial charge >= 0.3 is 6.03 Å². The minimum Gasteiger partial charge on any atom is -0.485 e. The lowest BCUT2D eigenvalue weighted by molar-refractivity contribution is 0.0303.